The van der Waals surface area contributed by atoms with Crippen LogP contribution < -0.4 is 0 Å². The molecule has 2 unspecified atom stereocenters. The molecule has 2 N–H and O–H groups in total. The van der Waals surface area contributed by atoms with Gasteiger partial charge in [0.25, 0.3) is 20.2 Å². The molecule has 0 radical (unpaired) electrons. The van der Waals surface area contributed by atoms with Crippen LogP contribution >= 0.6 is 0 Å². The summed E-state index contributed by atoms with van der Waals surface area (Å²) in [5.74, 6) is -1.50. The van der Waals surface area contributed by atoms with Gasteiger partial charge in [-0.3, -0.25) is 9.11 Å². The molecule has 0 amide bonds. The maximum atomic E-state index is 10.5. The summed E-state index contributed by atoms with van der Waals surface area (Å²) in [7, 11) is -8.05. The maximum absolute atomic E-state index is 10.5. The van der Waals surface area contributed by atoms with E-state index < -0.39 is 31.7 Å². The zero-order valence-electron chi connectivity index (χ0n) is 8.62. The second-order valence-electron chi connectivity index (χ2n) is 3.94. The minimum Gasteiger partial charge on any atom is -0.286 e. The predicted molar refractivity (Wildman–Crippen MR) is 55.8 cm³/mol. The molecule has 0 aliphatic heterocycles. The van der Waals surface area contributed by atoms with Crippen molar-refractivity contribution < 1.29 is 25.9 Å². The van der Waals surface area contributed by atoms with Crippen molar-refractivity contribution >= 4 is 20.2 Å². The van der Waals surface area contributed by atoms with E-state index in [1.54, 1.807) is 13.8 Å². The van der Waals surface area contributed by atoms with E-state index in [2.05, 4.69) is 0 Å². The lowest BCUT2D eigenvalue weighted by molar-refractivity contribution is 0.423. The first kappa shape index (κ1) is 14.8. The molecule has 0 rings (SSSR count). The maximum Gasteiger partial charge on any atom is 0.265 e. The van der Waals surface area contributed by atoms with Gasteiger partial charge in [0.05, 0.1) is 11.5 Å². The molecule has 0 aliphatic rings. The lowest BCUT2D eigenvalue weighted by Gasteiger charge is -2.14. The first-order chi connectivity index (χ1) is 6.49. The molecule has 0 fully saturated rings. The van der Waals surface area contributed by atoms with Crippen molar-refractivity contribution in [2.75, 3.05) is 11.5 Å². The smallest absolute Gasteiger partial charge is 0.265 e. The third-order valence-electron chi connectivity index (χ3n) is 1.80. The molecule has 0 heterocycles. The van der Waals surface area contributed by atoms with Crippen LogP contribution in [0.3, 0.4) is 0 Å². The van der Waals surface area contributed by atoms with E-state index in [9.17, 15) is 16.8 Å². The molecule has 92 valence electrons. The van der Waals surface area contributed by atoms with Crippen LogP contribution in [-0.2, 0) is 20.2 Å². The molecule has 0 aromatic heterocycles. The van der Waals surface area contributed by atoms with Crippen LogP contribution in [0.4, 0.5) is 0 Å². The van der Waals surface area contributed by atoms with Gasteiger partial charge in [-0.05, 0) is 18.3 Å². The first-order valence-corrected chi connectivity index (χ1v) is 7.62. The van der Waals surface area contributed by atoms with Gasteiger partial charge in [0.2, 0.25) is 0 Å². The van der Waals surface area contributed by atoms with Crippen molar-refractivity contribution in [2.45, 2.75) is 20.3 Å². The highest BCUT2D eigenvalue weighted by molar-refractivity contribution is 7.86. The third kappa shape index (κ3) is 10.1. The van der Waals surface area contributed by atoms with Gasteiger partial charge < -0.3 is 0 Å². The Hall–Kier alpha value is -0.180. The molecule has 0 aromatic carbocycles. The van der Waals surface area contributed by atoms with Crippen LogP contribution in [0.2, 0.25) is 0 Å². The van der Waals surface area contributed by atoms with Crippen LogP contribution in [0.1, 0.15) is 20.3 Å². The second kappa shape index (κ2) is 5.24. The van der Waals surface area contributed by atoms with Crippen LogP contribution in [0.25, 0.3) is 0 Å². The molecule has 2 atom stereocenters. The van der Waals surface area contributed by atoms with Gasteiger partial charge in [0, 0.05) is 0 Å². The molecule has 0 aromatic rings. The summed E-state index contributed by atoms with van der Waals surface area (Å²) in [6, 6.07) is 0. The van der Waals surface area contributed by atoms with Gasteiger partial charge in [-0.1, -0.05) is 13.8 Å². The van der Waals surface area contributed by atoms with Gasteiger partial charge in [-0.25, -0.2) is 0 Å². The Morgan fingerprint density at radius 3 is 1.33 bits per heavy atom. The minimum atomic E-state index is -4.02. The van der Waals surface area contributed by atoms with Crippen LogP contribution in [0.5, 0.6) is 0 Å². The SMILES string of the molecule is CC(CC(C)CS(=O)(=O)O)CS(=O)(=O)O. The van der Waals surface area contributed by atoms with Crippen LogP contribution in [-0.4, -0.2) is 37.4 Å². The number of rotatable bonds is 6. The zero-order chi connectivity index (χ0) is 12.3. The van der Waals surface area contributed by atoms with E-state index in [1.807, 2.05) is 0 Å². The second-order valence-corrected chi connectivity index (χ2v) is 6.94. The lowest BCUT2D eigenvalue weighted by atomic mass is 10.0. The first-order valence-electron chi connectivity index (χ1n) is 4.40. The quantitative estimate of drug-likeness (QED) is 0.670. The van der Waals surface area contributed by atoms with Gasteiger partial charge in [-0.15, -0.1) is 0 Å². The summed E-state index contributed by atoms with van der Waals surface area (Å²) in [6.45, 7) is 3.18. The molecule has 6 nitrogen and oxygen atoms in total. The average molecular weight is 260 g/mol. The zero-order valence-corrected chi connectivity index (χ0v) is 10.3. The molecule has 0 saturated heterocycles. The predicted octanol–water partition coefficient (Wildman–Crippen LogP) is 0.424. The highest BCUT2D eigenvalue weighted by atomic mass is 32.2. The summed E-state index contributed by atoms with van der Waals surface area (Å²) >= 11 is 0. The third-order valence-corrected chi connectivity index (χ3v) is 3.78. The van der Waals surface area contributed by atoms with Crippen molar-refractivity contribution in [2.24, 2.45) is 11.8 Å². The summed E-state index contributed by atoms with van der Waals surface area (Å²) in [5.41, 5.74) is 0. The summed E-state index contributed by atoms with van der Waals surface area (Å²) in [4.78, 5) is 0. The van der Waals surface area contributed by atoms with Gasteiger partial charge >= 0.3 is 0 Å². The fourth-order valence-corrected chi connectivity index (χ4v) is 3.25. The molecule has 0 spiro atoms. The van der Waals surface area contributed by atoms with Gasteiger partial charge in [0.15, 0.2) is 0 Å². The fourth-order valence-electron chi connectivity index (χ4n) is 1.54. The van der Waals surface area contributed by atoms with Gasteiger partial charge in [-0.2, -0.15) is 16.8 Å². The Balaban J connectivity index is 4.14. The highest BCUT2D eigenvalue weighted by Gasteiger charge is 2.18. The summed E-state index contributed by atoms with van der Waals surface area (Å²) in [5, 5.41) is 0. The van der Waals surface area contributed by atoms with Crippen molar-refractivity contribution in [1.82, 2.24) is 0 Å². The van der Waals surface area contributed by atoms with E-state index in [1.165, 1.54) is 0 Å². The Bertz CT molecular complexity index is 344. The standard InChI is InChI=1S/C7H16O6S2/c1-6(4-14(8,9)10)3-7(2)5-15(11,12)13/h6-7H,3-5H2,1-2H3,(H,8,9,10)(H,11,12,13). The van der Waals surface area contributed by atoms with Gasteiger partial charge in [0.1, 0.15) is 0 Å². The Morgan fingerprint density at radius 1 is 0.867 bits per heavy atom. The normalized spacial score (nSPS) is 17.3. The van der Waals surface area contributed by atoms with E-state index in [0.29, 0.717) is 6.42 Å². The van der Waals surface area contributed by atoms with E-state index in [4.69, 9.17) is 9.11 Å². The highest BCUT2D eigenvalue weighted by Crippen LogP contribution is 2.14. The van der Waals surface area contributed by atoms with Crippen LogP contribution in [0.15, 0.2) is 0 Å². The molecule has 0 saturated carbocycles. The van der Waals surface area contributed by atoms with E-state index in [0.717, 1.165) is 0 Å². The van der Waals surface area contributed by atoms with Crippen molar-refractivity contribution in [3.63, 3.8) is 0 Å². The van der Waals surface area contributed by atoms with Crippen molar-refractivity contribution in [3.05, 3.63) is 0 Å². The molecular weight excluding hydrogens is 244 g/mol. The Labute approximate surface area is 90.2 Å². The largest absolute Gasteiger partial charge is 0.286 e. The molecule has 0 bridgehead atoms. The van der Waals surface area contributed by atoms with E-state index in [-0.39, 0.29) is 11.8 Å². The lowest BCUT2D eigenvalue weighted by Crippen LogP contribution is -2.19. The monoisotopic (exact) mass is 260 g/mol. The summed E-state index contributed by atoms with van der Waals surface area (Å²) in [6.07, 6.45) is 0.305. The topological polar surface area (TPSA) is 109 Å². The van der Waals surface area contributed by atoms with Crippen molar-refractivity contribution in [1.29, 1.82) is 0 Å². The molecule has 15 heavy (non-hydrogen) atoms. The Kier molecular flexibility index (Phi) is 5.18. The van der Waals surface area contributed by atoms with Crippen molar-refractivity contribution in [3.8, 4) is 0 Å². The Morgan fingerprint density at radius 2 is 1.13 bits per heavy atom. The minimum absolute atomic E-state index is 0.305. The molecule has 8 heteroatoms. The van der Waals surface area contributed by atoms with Crippen LogP contribution in [0, 0.1) is 11.8 Å². The average Bonchev–Trinajstić information content (AvgIpc) is 1.73. The van der Waals surface area contributed by atoms with E-state index >= 15 is 0 Å². The summed E-state index contributed by atoms with van der Waals surface area (Å²) < 4.78 is 59.1. The number of hydrogen-bond donors (Lipinski definition) is 2. The number of hydrogen-bond acceptors (Lipinski definition) is 4. The fraction of sp³-hybridized carbons (Fsp3) is 1.00. The molecular formula is C7H16O6S2. The molecule has 0 aliphatic carbocycles.